The number of carbonyl (C=O) groups excluding carboxylic acids is 2. The van der Waals surface area contributed by atoms with Crippen LogP contribution in [0.25, 0.3) is 21.9 Å². The number of aromatic nitrogens is 2. The van der Waals surface area contributed by atoms with Crippen LogP contribution in [0.2, 0.25) is 0 Å². The number of carbonyl (C=O) groups is 2. The summed E-state index contributed by atoms with van der Waals surface area (Å²) < 4.78 is 11.2. The first kappa shape index (κ1) is 29.5. The van der Waals surface area contributed by atoms with Gasteiger partial charge in [-0.05, 0) is 56.3 Å². The number of anilines is 2. The number of fused-ring (bicyclic) bond motifs is 2. The zero-order valence-corrected chi connectivity index (χ0v) is 25.7. The van der Waals surface area contributed by atoms with Gasteiger partial charge in [-0.15, -0.1) is 0 Å². The van der Waals surface area contributed by atoms with Gasteiger partial charge in [0.25, 0.3) is 0 Å². The third-order valence-corrected chi connectivity index (χ3v) is 8.14. The second-order valence-electron chi connectivity index (χ2n) is 12.7. The van der Waals surface area contributed by atoms with Gasteiger partial charge in [0, 0.05) is 77.8 Å². The van der Waals surface area contributed by atoms with E-state index in [1.54, 1.807) is 48.5 Å². The van der Waals surface area contributed by atoms with E-state index in [0.717, 1.165) is 42.6 Å². The highest BCUT2D eigenvalue weighted by Gasteiger charge is 2.24. The normalized spacial score (nSPS) is 15.0. The van der Waals surface area contributed by atoms with Gasteiger partial charge in [0.05, 0.1) is 5.69 Å². The average molecular weight is 599 g/mol. The lowest BCUT2D eigenvalue weighted by Gasteiger charge is -2.37. The number of hydrogen-bond acceptors (Lipinski definition) is 8. The van der Waals surface area contributed by atoms with Crippen LogP contribution < -0.4 is 10.6 Å². The summed E-state index contributed by atoms with van der Waals surface area (Å²) in [5, 5.41) is 21.6. The third-order valence-electron chi connectivity index (χ3n) is 8.14. The van der Waals surface area contributed by atoms with Crippen LogP contribution in [-0.4, -0.2) is 69.1 Å². The van der Waals surface area contributed by atoms with Gasteiger partial charge in [-0.25, -0.2) is 4.79 Å². The van der Waals surface area contributed by atoms with E-state index in [1.807, 2.05) is 20.8 Å². The second-order valence-corrected chi connectivity index (χ2v) is 12.7. The molecule has 6 rings (SSSR count). The number of phenolic OH excluding ortho intramolecular Hbond substituents is 1. The van der Waals surface area contributed by atoms with Gasteiger partial charge < -0.3 is 24.3 Å². The maximum atomic E-state index is 13.5. The molecule has 4 heterocycles. The number of phenols is 1. The van der Waals surface area contributed by atoms with E-state index in [4.69, 9.17) is 8.94 Å². The Morgan fingerprint density at radius 3 is 2.50 bits per heavy atom. The Hall–Kier alpha value is -4.61. The molecule has 0 saturated carbocycles. The number of furan rings is 1. The molecule has 1 aliphatic rings. The fourth-order valence-electron chi connectivity index (χ4n) is 5.53. The summed E-state index contributed by atoms with van der Waals surface area (Å²) in [5.74, 6) is 1.05. The summed E-state index contributed by atoms with van der Waals surface area (Å²) in [6.45, 7) is 14.8. The van der Waals surface area contributed by atoms with E-state index in [2.05, 4.69) is 44.4 Å². The smallest absolute Gasteiger partial charge is 0.324 e. The minimum atomic E-state index is -0.475. The molecular formula is C33H38N6O5. The van der Waals surface area contributed by atoms with E-state index in [-0.39, 0.29) is 22.7 Å². The van der Waals surface area contributed by atoms with Gasteiger partial charge in [-0.3, -0.25) is 19.9 Å². The number of aromatic amines is 1. The van der Waals surface area contributed by atoms with Crippen LogP contribution in [0.1, 0.15) is 62.2 Å². The molecule has 44 heavy (non-hydrogen) atoms. The first-order valence-corrected chi connectivity index (χ1v) is 14.9. The number of hydrogen-bond donors (Lipinski definition) is 4. The minimum absolute atomic E-state index is 0.168. The van der Waals surface area contributed by atoms with E-state index in [1.165, 1.54) is 0 Å². The largest absolute Gasteiger partial charge is 0.508 e. The summed E-state index contributed by atoms with van der Waals surface area (Å²) in [6, 6.07) is 13.8. The topological polar surface area (TPSA) is 140 Å². The SMILES string of the molecule is CC(C)N1CCN(Cc2c(O)ccc3[nH]c(C(=O)c4cc5cc(NC(=O)Nc6cc(C(C)(C)C)on6)ccc5o4)cc23)CC1. The minimum Gasteiger partial charge on any atom is -0.508 e. The molecule has 0 radical (unpaired) electrons. The lowest BCUT2D eigenvalue weighted by atomic mass is 9.93. The summed E-state index contributed by atoms with van der Waals surface area (Å²) in [7, 11) is 0. The molecule has 0 aliphatic carbocycles. The quantitative estimate of drug-likeness (QED) is 0.160. The number of nitrogens with zero attached hydrogens (tertiary/aromatic N) is 3. The van der Waals surface area contributed by atoms with Crippen molar-refractivity contribution in [1.29, 1.82) is 0 Å². The van der Waals surface area contributed by atoms with Gasteiger partial charge in [0.15, 0.2) is 11.6 Å². The Morgan fingerprint density at radius 1 is 1.02 bits per heavy atom. The molecule has 230 valence electrons. The van der Waals surface area contributed by atoms with Crippen LogP contribution >= 0.6 is 0 Å². The van der Waals surface area contributed by atoms with Crippen molar-refractivity contribution in [3.8, 4) is 5.75 Å². The number of H-pyrrole nitrogens is 1. The predicted octanol–water partition coefficient (Wildman–Crippen LogP) is 6.31. The van der Waals surface area contributed by atoms with Crippen molar-refractivity contribution in [3.05, 3.63) is 71.3 Å². The van der Waals surface area contributed by atoms with E-state index in [0.29, 0.717) is 46.5 Å². The number of piperazine rings is 1. The van der Waals surface area contributed by atoms with Crippen molar-refractivity contribution in [2.45, 2.75) is 52.6 Å². The molecule has 11 heteroatoms. The van der Waals surface area contributed by atoms with Gasteiger partial charge in [0.2, 0.25) is 5.78 Å². The number of benzene rings is 2. The Bertz CT molecular complexity index is 1830. The van der Waals surface area contributed by atoms with Gasteiger partial charge in [-0.2, -0.15) is 0 Å². The first-order valence-electron chi connectivity index (χ1n) is 14.9. The summed E-state index contributed by atoms with van der Waals surface area (Å²) >= 11 is 0. The molecule has 3 aromatic heterocycles. The molecule has 1 saturated heterocycles. The molecule has 1 fully saturated rings. The van der Waals surface area contributed by atoms with Crippen molar-refractivity contribution in [2.24, 2.45) is 0 Å². The van der Waals surface area contributed by atoms with Crippen LogP contribution in [0.4, 0.5) is 16.3 Å². The lowest BCUT2D eigenvalue weighted by Crippen LogP contribution is -2.48. The van der Waals surface area contributed by atoms with Gasteiger partial charge in [-0.1, -0.05) is 25.9 Å². The number of nitrogens with one attached hydrogen (secondary N) is 3. The molecule has 4 N–H and O–H groups in total. The number of rotatable bonds is 7. The number of ketones is 1. The highest BCUT2D eigenvalue weighted by molar-refractivity contribution is 6.10. The van der Waals surface area contributed by atoms with Crippen LogP contribution in [0.5, 0.6) is 5.75 Å². The van der Waals surface area contributed by atoms with Crippen LogP contribution in [0.15, 0.2) is 57.5 Å². The average Bonchev–Trinajstić information content (AvgIpc) is 3.72. The zero-order valence-electron chi connectivity index (χ0n) is 25.7. The zero-order chi connectivity index (χ0) is 31.2. The van der Waals surface area contributed by atoms with Crippen molar-refractivity contribution in [2.75, 3.05) is 36.8 Å². The first-order chi connectivity index (χ1) is 20.9. The van der Waals surface area contributed by atoms with Gasteiger partial charge >= 0.3 is 6.03 Å². The number of amides is 2. The predicted molar refractivity (Wildman–Crippen MR) is 169 cm³/mol. The van der Waals surface area contributed by atoms with Crippen molar-refractivity contribution in [1.82, 2.24) is 19.9 Å². The molecule has 11 nitrogen and oxygen atoms in total. The molecule has 1 aliphatic heterocycles. The molecule has 2 aromatic carbocycles. The van der Waals surface area contributed by atoms with Gasteiger partial charge in [0.1, 0.15) is 17.1 Å². The van der Waals surface area contributed by atoms with Crippen molar-refractivity contribution in [3.63, 3.8) is 0 Å². The van der Waals surface area contributed by atoms with E-state index >= 15 is 0 Å². The summed E-state index contributed by atoms with van der Waals surface area (Å²) in [5.41, 5.74) is 2.75. The lowest BCUT2D eigenvalue weighted by molar-refractivity contribution is 0.101. The van der Waals surface area contributed by atoms with E-state index < -0.39 is 6.03 Å². The number of aromatic hydroxyl groups is 1. The Labute approximate surface area is 255 Å². The Kier molecular flexibility index (Phi) is 7.68. The monoisotopic (exact) mass is 598 g/mol. The second kappa shape index (κ2) is 11.5. The standard InChI is InChI=1S/C33H38N6O5/c1-19(2)39-12-10-38(11-13-39)18-23-22-16-25(35-24(22)7-8-26(23)40)31(41)28-15-20-14-21(6-9-27(20)43-28)34-32(42)36-30-17-29(44-37-30)33(3,4)5/h6-9,14-17,19,35,40H,10-13,18H2,1-5H3,(H2,34,36,37,42). The molecule has 0 spiro atoms. The molecule has 0 atom stereocenters. The molecular weight excluding hydrogens is 560 g/mol. The fraction of sp³-hybridized carbons (Fsp3) is 0.364. The highest BCUT2D eigenvalue weighted by atomic mass is 16.5. The number of urea groups is 1. The van der Waals surface area contributed by atoms with Crippen molar-refractivity contribution < 1.29 is 23.6 Å². The Morgan fingerprint density at radius 2 is 1.80 bits per heavy atom. The maximum absolute atomic E-state index is 13.5. The van der Waals surface area contributed by atoms with Crippen LogP contribution in [-0.2, 0) is 12.0 Å². The third kappa shape index (κ3) is 6.06. The Balaban J connectivity index is 1.16. The molecule has 5 aromatic rings. The maximum Gasteiger partial charge on any atom is 0.324 e. The van der Waals surface area contributed by atoms with Crippen LogP contribution in [0.3, 0.4) is 0 Å². The molecule has 2 amide bonds. The summed E-state index contributed by atoms with van der Waals surface area (Å²) in [4.78, 5) is 34.1. The van der Waals surface area contributed by atoms with E-state index in [9.17, 15) is 14.7 Å². The fourth-order valence-corrected chi connectivity index (χ4v) is 5.53. The van der Waals surface area contributed by atoms with Crippen molar-refractivity contribution >= 4 is 45.2 Å². The molecule has 0 bridgehead atoms. The highest BCUT2D eigenvalue weighted by Crippen LogP contribution is 2.31. The molecule has 0 unspecified atom stereocenters. The van der Waals surface area contributed by atoms with Crippen LogP contribution in [0, 0.1) is 0 Å². The summed E-state index contributed by atoms with van der Waals surface area (Å²) in [6.07, 6.45) is 0.